The summed E-state index contributed by atoms with van der Waals surface area (Å²) in [4.78, 5) is 0. The summed E-state index contributed by atoms with van der Waals surface area (Å²) in [6.45, 7) is 0. The zero-order chi connectivity index (χ0) is 12.9. The Balaban J connectivity index is 0. The van der Waals surface area contributed by atoms with Gasteiger partial charge in [-0.15, -0.1) is 0 Å². The van der Waals surface area contributed by atoms with Gasteiger partial charge in [0, 0.05) is 5.75 Å². The minimum absolute atomic E-state index is 0.145. The molecule has 0 aliphatic rings. The second-order valence-corrected chi connectivity index (χ2v) is 4.99. The van der Waals surface area contributed by atoms with Crippen molar-refractivity contribution in [3.05, 3.63) is 36.4 Å². The topological polar surface area (TPSA) is 80.4 Å². The first-order valence-electron chi connectivity index (χ1n) is 4.58. The van der Waals surface area contributed by atoms with E-state index in [-0.39, 0.29) is 5.75 Å². The van der Waals surface area contributed by atoms with Crippen LogP contribution in [0.4, 0.5) is 0 Å². The van der Waals surface area contributed by atoms with Gasteiger partial charge in [-0.25, -0.2) is 0 Å². The van der Waals surface area contributed by atoms with Crippen molar-refractivity contribution in [3.8, 4) is 0 Å². The molecule has 0 aliphatic carbocycles. The highest BCUT2D eigenvalue weighted by atomic mass is 32.2. The van der Waals surface area contributed by atoms with E-state index in [1.807, 2.05) is 36.4 Å². The van der Waals surface area contributed by atoms with Crippen molar-refractivity contribution in [2.45, 2.75) is 0 Å². The minimum atomic E-state index is -3.71. The van der Waals surface area contributed by atoms with Gasteiger partial charge in [-0.3, -0.25) is 4.55 Å². The van der Waals surface area contributed by atoms with Crippen molar-refractivity contribution in [1.82, 2.24) is 0 Å². The largest absolute Gasteiger partial charge is 0.333 e. The van der Waals surface area contributed by atoms with Gasteiger partial charge in [-0.2, -0.15) is 20.2 Å². The van der Waals surface area contributed by atoms with Crippen LogP contribution in [0.5, 0.6) is 0 Å². The molecular formula is C10H19NO3S2. The summed E-state index contributed by atoms with van der Waals surface area (Å²) in [5.41, 5.74) is 4.50. The van der Waals surface area contributed by atoms with Crippen molar-refractivity contribution in [2.75, 3.05) is 24.8 Å². The van der Waals surface area contributed by atoms with Gasteiger partial charge in [0.2, 0.25) is 0 Å². The summed E-state index contributed by atoms with van der Waals surface area (Å²) in [7, 11) is -2.21. The molecule has 1 rings (SSSR count). The zero-order valence-electron chi connectivity index (χ0n) is 9.54. The number of rotatable bonds is 3. The van der Waals surface area contributed by atoms with Crippen LogP contribution < -0.4 is 5.73 Å². The average molecular weight is 265 g/mol. The highest BCUT2D eigenvalue weighted by Crippen LogP contribution is 1.92. The third-order valence-corrected chi connectivity index (χ3v) is 2.80. The maximum atomic E-state index is 9.93. The standard InChI is InChI=1S/C6H6.C3H8O3S2.CH5N/c1-2-4-6-5-3-1;1-7-2-3-8(4,5)6;1-2/h1-6H;2-3H2,1H3,(H,4,5,6);2H2,1H3. The van der Waals surface area contributed by atoms with Gasteiger partial charge >= 0.3 is 0 Å². The molecule has 0 spiro atoms. The fraction of sp³-hybridized carbons (Fsp3) is 0.400. The molecule has 0 bridgehead atoms. The Kier molecular flexibility index (Phi) is 13.9. The zero-order valence-corrected chi connectivity index (χ0v) is 11.2. The van der Waals surface area contributed by atoms with E-state index in [9.17, 15) is 8.42 Å². The lowest BCUT2D eigenvalue weighted by molar-refractivity contribution is 0.485. The number of thioether (sulfide) groups is 1. The van der Waals surface area contributed by atoms with Gasteiger partial charge in [0.25, 0.3) is 10.1 Å². The quantitative estimate of drug-likeness (QED) is 0.810. The Morgan fingerprint density at radius 1 is 1.06 bits per heavy atom. The molecule has 0 aliphatic heterocycles. The third kappa shape index (κ3) is 19.1. The first kappa shape index (κ1) is 17.8. The predicted octanol–water partition coefficient (Wildman–Crippen LogP) is 1.50. The lowest BCUT2D eigenvalue weighted by Gasteiger charge is -1.90. The second-order valence-electron chi connectivity index (χ2n) is 2.43. The van der Waals surface area contributed by atoms with Crippen LogP contribution in [0.1, 0.15) is 0 Å². The Hall–Kier alpha value is -0.560. The van der Waals surface area contributed by atoms with Crippen LogP contribution in [-0.4, -0.2) is 37.8 Å². The van der Waals surface area contributed by atoms with E-state index in [2.05, 4.69) is 5.73 Å². The third-order valence-electron chi connectivity index (χ3n) is 1.21. The fourth-order valence-electron chi connectivity index (χ4n) is 0.574. The van der Waals surface area contributed by atoms with Gasteiger partial charge in [-0.1, -0.05) is 36.4 Å². The monoisotopic (exact) mass is 265 g/mol. The van der Waals surface area contributed by atoms with Crippen molar-refractivity contribution in [2.24, 2.45) is 5.73 Å². The van der Waals surface area contributed by atoms with Crippen LogP contribution in [0, 0.1) is 0 Å². The molecule has 0 amide bonds. The highest BCUT2D eigenvalue weighted by Gasteiger charge is 2.00. The molecule has 1 aromatic carbocycles. The molecule has 6 heteroatoms. The maximum absolute atomic E-state index is 9.93. The number of nitrogens with two attached hydrogens (primary N) is 1. The van der Waals surface area contributed by atoms with Crippen LogP contribution in [0.2, 0.25) is 0 Å². The number of hydrogen-bond donors (Lipinski definition) is 2. The molecular weight excluding hydrogens is 246 g/mol. The Labute approximate surface area is 102 Å². The summed E-state index contributed by atoms with van der Waals surface area (Å²) in [6, 6.07) is 12.0. The number of benzene rings is 1. The molecule has 0 fully saturated rings. The summed E-state index contributed by atoms with van der Waals surface area (Å²) in [5.74, 6) is 0.312. The van der Waals surface area contributed by atoms with Gasteiger partial charge < -0.3 is 5.73 Å². The molecule has 94 valence electrons. The van der Waals surface area contributed by atoms with E-state index in [1.54, 1.807) is 6.26 Å². The first-order valence-corrected chi connectivity index (χ1v) is 7.58. The molecule has 16 heavy (non-hydrogen) atoms. The van der Waals surface area contributed by atoms with E-state index < -0.39 is 10.1 Å². The van der Waals surface area contributed by atoms with E-state index in [1.165, 1.54) is 18.8 Å². The Bertz CT molecular complexity index is 287. The van der Waals surface area contributed by atoms with Crippen LogP contribution in [0.15, 0.2) is 36.4 Å². The molecule has 0 heterocycles. The lowest BCUT2D eigenvalue weighted by Crippen LogP contribution is -2.05. The van der Waals surface area contributed by atoms with Crippen molar-refractivity contribution >= 4 is 21.9 Å². The van der Waals surface area contributed by atoms with Gasteiger partial charge in [0.1, 0.15) is 0 Å². The van der Waals surface area contributed by atoms with Gasteiger partial charge in [0.15, 0.2) is 0 Å². The van der Waals surface area contributed by atoms with Crippen molar-refractivity contribution < 1.29 is 13.0 Å². The Morgan fingerprint density at radius 3 is 1.50 bits per heavy atom. The molecule has 0 unspecified atom stereocenters. The molecule has 0 radical (unpaired) electrons. The lowest BCUT2D eigenvalue weighted by atomic mass is 10.4. The molecule has 1 aromatic rings. The summed E-state index contributed by atoms with van der Waals surface area (Å²) in [5, 5.41) is 0. The molecule has 0 aromatic heterocycles. The fourth-order valence-corrected chi connectivity index (χ4v) is 2.08. The van der Waals surface area contributed by atoms with Crippen molar-refractivity contribution in [1.29, 1.82) is 0 Å². The van der Waals surface area contributed by atoms with E-state index >= 15 is 0 Å². The van der Waals surface area contributed by atoms with Crippen LogP contribution in [0.3, 0.4) is 0 Å². The molecule has 0 atom stereocenters. The summed E-state index contributed by atoms with van der Waals surface area (Å²) in [6.07, 6.45) is 1.78. The highest BCUT2D eigenvalue weighted by molar-refractivity contribution is 7.99. The first-order chi connectivity index (χ1) is 7.56. The van der Waals surface area contributed by atoms with Crippen LogP contribution >= 0.6 is 11.8 Å². The van der Waals surface area contributed by atoms with Crippen LogP contribution in [0.25, 0.3) is 0 Å². The SMILES string of the molecule is CN.CSCCS(=O)(=O)O.c1ccccc1. The normalized spacial score (nSPS) is 9.25. The van der Waals surface area contributed by atoms with Crippen LogP contribution in [-0.2, 0) is 10.1 Å². The van der Waals surface area contributed by atoms with E-state index in [0.29, 0.717) is 5.75 Å². The van der Waals surface area contributed by atoms with E-state index in [4.69, 9.17) is 4.55 Å². The molecule has 0 saturated heterocycles. The van der Waals surface area contributed by atoms with Crippen molar-refractivity contribution in [3.63, 3.8) is 0 Å². The average Bonchev–Trinajstić information content (AvgIpc) is 2.31. The Morgan fingerprint density at radius 2 is 1.38 bits per heavy atom. The summed E-state index contributed by atoms with van der Waals surface area (Å²) < 4.78 is 28.0. The number of hydrogen-bond acceptors (Lipinski definition) is 4. The van der Waals surface area contributed by atoms with Gasteiger partial charge in [-0.05, 0) is 13.3 Å². The summed E-state index contributed by atoms with van der Waals surface area (Å²) >= 11 is 1.39. The van der Waals surface area contributed by atoms with Gasteiger partial charge in [0.05, 0.1) is 5.75 Å². The van der Waals surface area contributed by atoms with E-state index in [0.717, 1.165) is 0 Å². The smallest absolute Gasteiger partial charge is 0.265 e. The maximum Gasteiger partial charge on any atom is 0.265 e. The molecule has 4 nitrogen and oxygen atoms in total. The molecule has 3 N–H and O–H groups in total. The second kappa shape index (κ2) is 12.5. The minimum Gasteiger partial charge on any atom is -0.333 e. The predicted molar refractivity (Wildman–Crippen MR) is 71.4 cm³/mol. The molecule has 0 saturated carbocycles.